The van der Waals surface area contributed by atoms with Crippen LogP contribution in [0.15, 0.2) is 12.4 Å². The first kappa shape index (κ1) is 12.3. The van der Waals surface area contributed by atoms with Crippen LogP contribution in [0.25, 0.3) is 0 Å². The zero-order valence-electron chi connectivity index (χ0n) is 10.9. The molecule has 2 atom stereocenters. The fourth-order valence-electron chi connectivity index (χ4n) is 2.91. The van der Waals surface area contributed by atoms with Gasteiger partial charge in [-0.1, -0.05) is 0 Å². The molecule has 3 heterocycles. The first-order valence-electron chi connectivity index (χ1n) is 6.81. The highest BCUT2D eigenvalue weighted by Gasteiger charge is 2.34. The molecule has 3 N–H and O–H groups in total. The molecule has 2 unspecified atom stereocenters. The minimum absolute atomic E-state index is 0.193. The first-order valence-corrected chi connectivity index (χ1v) is 6.81. The van der Waals surface area contributed by atoms with Crippen LogP contribution in [0.5, 0.6) is 0 Å². The standard InChI is InChI=1S/C13H19N5O/c14-5-9-6-15-13(16-7-9)18-4-3-11-10(8-18)1-2-12(19)17-11/h6-7,10-11H,1-5,8,14H2,(H,17,19). The number of nitrogens with two attached hydrogens (primary N) is 1. The fraction of sp³-hybridized carbons (Fsp3) is 0.615. The second-order valence-corrected chi connectivity index (χ2v) is 5.30. The van der Waals surface area contributed by atoms with Crippen molar-refractivity contribution in [1.82, 2.24) is 15.3 Å². The highest BCUT2D eigenvalue weighted by molar-refractivity contribution is 5.77. The number of piperidine rings is 2. The smallest absolute Gasteiger partial charge is 0.225 e. The van der Waals surface area contributed by atoms with Crippen molar-refractivity contribution in [1.29, 1.82) is 0 Å². The van der Waals surface area contributed by atoms with E-state index in [-0.39, 0.29) is 5.91 Å². The molecule has 0 saturated carbocycles. The van der Waals surface area contributed by atoms with E-state index in [0.717, 1.165) is 37.4 Å². The minimum Gasteiger partial charge on any atom is -0.353 e. The zero-order chi connectivity index (χ0) is 13.2. The molecule has 19 heavy (non-hydrogen) atoms. The predicted octanol–water partition coefficient (Wildman–Crippen LogP) is 0.0402. The summed E-state index contributed by atoms with van der Waals surface area (Å²) in [5.74, 6) is 1.48. The van der Waals surface area contributed by atoms with Crippen LogP contribution < -0.4 is 16.0 Å². The third kappa shape index (κ3) is 2.53. The summed E-state index contributed by atoms with van der Waals surface area (Å²) in [6.45, 7) is 2.29. The SMILES string of the molecule is NCc1cnc(N2CCC3NC(=O)CCC3C2)nc1. The monoisotopic (exact) mass is 261 g/mol. The predicted molar refractivity (Wildman–Crippen MR) is 71.4 cm³/mol. The van der Waals surface area contributed by atoms with Gasteiger partial charge in [-0.2, -0.15) is 0 Å². The van der Waals surface area contributed by atoms with Crippen molar-refractivity contribution in [3.05, 3.63) is 18.0 Å². The molecule has 2 fully saturated rings. The number of carbonyl (C=O) groups excluding carboxylic acids is 1. The van der Waals surface area contributed by atoms with Crippen LogP contribution >= 0.6 is 0 Å². The molecule has 1 amide bonds. The van der Waals surface area contributed by atoms with Crippen LogP contribution in [-0.2, 0) is 11.3 Å². The molecule has 2 aliphatic rings. The van der Waals surface area contributed by atoms with E-state index in [9.17, 15) is 4.79 Å². The van der Waals surface area contributed by atoms with E-state index in [4.69, 9.17) is 5.73 Å². The van der Waals surface area contributed by atoms with Crippen LogP contribution in [0.2, 0.25) is 0 Å². The van der Waals surface area contributed by atoms with E-state index in [1.807, 2.05) is 0 Å². The second-order valence-electron chi connectivity index (χ2n) is 5.30. The molecule has 6 heteroatoms. The van der Waals surface area contributed by atoms with E-state index in [0.29, 0.717) is 24.9 Å². The van der Waals surface area contributed by atoms with Gasteiger partial charge in [-0.05, 0) is 18.8 Å². The molecule has 0 spiro atoms. The van der Waals surface area contributed by atoms with Crippen LogP contribution in [0.4, 0.5) is 5.95 Å². The van der Waals surface area contributed by atoms with Crippen molar-refractivity contribution < 1.29 is 4.79 Å². The highest BCUT2D eigenvalue weighted by Crippen LogP contribution is 2.26. The van der Waals surface area contributed by atoms with Gasteiger partial charge >= 0.3 is 0 Å². The van der Waals surface area contributed by atoms with Crippen molar-refractivity contribution in [2.24, 2.45) is 11.7 Å². The molecule has 1 aromatic rings. The van der Waals surface area contributed by atoms with Crippen molar-refractivity contribution in [3.63, 3.8) is 0 Å². The van der Waals surface area contributed by atoms with E-state index in [1.54, 1.807) is 12.4 Å². The van der Waals surface area contributed by atoms with E-state index < -0.39 is 0 Å². The number of amides is 1. The molecule has 0 radical (unpaired) electrons. The van der Waals surface area contributed by atoms with Crippen molar-refractivity contribution in [3.8, 4) is 0 Å². The normalized spacial score (nSPS) is 26.8. The second kappa shape index (κ2) is 5.13. The van der Waals surface area contributed by atoms with Gasteiger partial charge in [-0.25, -0.2) is 9.97 Å². The van der Waals surface area contributed by atoms with Gasteiger partial charge in [-0.3, -0.25) is 4.79 Å². The molecule has 2 aliphatic heterocycles. The van der Waals surface area contributed by atoms with Gasteiger partial charge in [0.05, 0.1) is 0 Å². The van der Waals surface area contributed by atoms with Gasteiger partial charge in [0.1, 0.15) is 0 Å². The largest absolute Gasteiger partial charge is 0.353 e. The quantitative estimate of drug-likeness (QED) is 0.785. The average molecular weight is 261 g/mol. The summed E-state index contributed by atoms with van der Waals surface area (Å²) in [5.41, 5.74) is 6.49. The number of aromatic nitrogens is 2. The number of hydrogen-bond acceptors (Lipinski definition) is 5. The topological polar surface area (TPSA) is 84.1 Å². The summed E-state index contributed by atoms with van der Waals surface area (Å²) in [5, 5.41) is 3.09. The Balaban J connectivity index is 1.68. The van der Waals surface area contributed by atoms with Gasteiger partial charge in [0.15, 0.2) is 0 Å². The lowest BCUT2D eigenvalue weighted by Crippen LogP contribution is -2.54. The number of nitrogens with one attached hydrogen (secondary N) is 1. The number of fused-ring (bicyclic) bond motifs is 1. The molecule has 0 bridgehead atoms. The summed E-state index contributed by atoms with van der Waals surface area (Å²) < 4.78 is 0. The van der Waals surface area contributed by atoms with Crippen molar-refractivity contribution in [2.75, 3.05) is 18.0 Å². The molecule has 6 nitrogen and oxygen atoms in total. The molecular weight excluding hydrogens is 242 g/mol. The number of anilines is 1. The first-order chi connectivity index (χ1) is 9.26. The molecule has 3 rings (SSSR count). The van der Waals surface area contributed by atoms with Gasteiger partial charge in [0, 0.05) is 50.1 Å². The Kier molecular flexibility index (Phi) is 3.33. The van der Waals surface area contributed by atoms with Gasteiger partial charge in [-0.15, -0.1) is 0 Å². The van der Waals surface area contributed by atoms with Gasteiger partial charge in [0.2, 0.25) is 11.9 Å². The van der Waals surface area contributed by atoms with E-state index in [2.05, 4.69) is 20.2 Å². The van der Waals surface area contributed by atoms with Gasteiger partial charge < -0.3 is 16.0 Å². The summed E-state index contributed by atoms with van der Waals surface area (Å²) in [6.07, 6.45) is 6.16. The lowest BCUT2D eigenvalue weighted by atomic mass is 9.85. The van der Waals surface area contributed by atoms with Crippen LogP contribution in [0.3, 0.4) is 0 Å². The lowest BCUT2D eigenvalue weighted by Gasteiger charge is -2.41. The van der Waals surface area contributed by atoms with E-state index >= 15 is 0 Å². The third-order valence-corrected chi connectivity index (χ3v) is 4.03. The Morgan fingerprint density at radius 3 is 2.89 bits per heavy atom. The fourth-order valence-corrected chi connectivity index (χ4v) is 2.91. The van der Waals surface area contributed by atoms with E-state index in [1.165, 1.54) is 0 Å². The Hall–Kier alpha value is -1.69. The molecule has 0 aliphatic carbocycles. The number of rotatable bonds is 2. The molecular formula is C13H19N5O. The van der Waals surface area contributed by atoms with Crippen LogP contribution in [0, 0.1) is 5.92 Å². The summed E-state index contributed by atoms with van der Waals surface area (Å²) in [4.78, 5) is 22.3. The summed E-state index contributed by atoms with van der Waals surface area (Å²) in [6, 6.07) is 0.334. The Morgan fingerprint density at radius 1 is 1.37 bits per heavy atom. The van der Waals surface area contributed by atoms with Gasteiger partial charge in [0.25, 0.3) is 0 Å². The minimum atomic E-state index is 0.193. The number of carbonyl (C=O) groups is 1. The third-order valence-electron chi connectivity index (χ3n) is 4.03. The molecule has 2 saturated heterocycles. The van der Waals surface area contributed by atoms with Crippen LogP contribution in [-0.4, -0.2) is 35.0 Å². The summed E-state index contributed by atoms with van der Waals surface area (Å²) in [7, 11) is 0. The zero-order valence-corrected chi connectivity index (χ0v) is 10.9. The maximum absolute atomic E-state index is 11.4. The molecule has 102 valence electrons. The molecule has 0 aromatic carbocycles. The van der Waals surface area contributed by atoms with Crippen LogP contribution in [0.1, 0.15) is 24.8 Å². The highest BCUT2D eigenvalue weighted by atomic mass is 16.1. The number of hydrogen-bond donors (Lipinski definition) is 2. The maximum Gasteiger partial charge on any atom is 0.225 e. The average Bonchev–Trinajstić information content (AvgIpc) is 2.47. The number of nitrogens with zero attached hydrogens (tertiary/aromatic N) is 3. The Labute approximate surface area is 112 Å². The van der Waals surface area contributed by atoms with Crippen molar-refractivity contribution in [2.45, 2.75) is 31.8 Å². The Bertz CT molecular complexity index is 461. The lowest BCUT2D eigenvalue weighted by molar-refractivity contribution is -0.124. The molecule has 1 aromatic heterocycles. The maximum atomic E-state index is 11.4. The Morgan fingerprint density at radius 2 is 2.16 bits per heavy atom. The summed E-state index contributed by atoms with van der Waals surface area (Å²) >= 11 is 0. The van der Waals surface area contributed by atoms with Crippen molar-refractivity contribution >= 4 is 11.9 Å².